The highest BCUT2D eigenvalue weighted by Gasteiger charge is 2.14. The number of carbonyl (C=O) groups is 2. The summed E-state index contributed by atoms with van der Waals surface area (Å²) >= 11 is 0. The molecule has 456 valence electrons. The second kappa shape index (κ2) is 49.1. The van der Waals surface area contributed by atoms with Crippen LogP contribution in [0.3, 0.4) is 0 Å². The molecule has 6 fully saturated rings. The number of methoxy groups -OCH3 is 1. The molecule has 6 aliphatic heterocycles. The number of hydrogen-bond acceptors (Lipinski definition) is 12. The average molecular weight is 1110 g/mol. The maximum atomic E-state index is 10.7. The lowest BCUT2D eigenvalue weighted by molar-refractivity contribution is -0.129. The highest BCUT2D eigenvalue weighted by molar-refractivity contribution is 5.92. The first-order chi connectivity index (χ1) is 38.0. The van der Waals surface area contributed by atoms with E-state index in [0.717, 1.165) is 61.3 Å². The Morgan fingerprint density at radius 1 is 0.646 bits per heavy atom. The van der Waals surface area contributed by atoms with Crippen molar-refractivity contribution < 1.29 is 14.3 Å². The normalized spacial score (nSPS) is 20.2. The van der Waals surface area contributed by atoms with Crippen molar-refractivity contribution in [1.29, 1.82) is 0 Å². The Bertz CT molecular complexity index is 1700. The third kappa shape index (κ3) is 42.9. The number of benzene rings is 1. The van der Waals surface area contributed by atoms with Gasteiger partial charge in [0.05, 0.1) is 12.8 Å². The second-order valence-corrected chi connectivity index (χ2v) is 23.6. The second-order valence-electron chi connectivity index (χ2n) is 23.6. The largest absolute Gasteiger partial charge is 0.495 e. The fraction of sp³-hybridized carbons (Fsp3) is 0.773. The number of aromatic nitrogens is 1. The van der Waals surface area contributed by atoms with Crippen molar-refractivity contribution in [3.8, 4) is 5.75 Å². The fourth-order valence-electron chi connectivity index (χ4n) is 9.75. The van der Waals surface area contributed by atoms with Crippen molar-refractivity contribution in [1.82, 2.24) is 46.3 Å². The Hall–Kier alpha value is -3.59. The van der Waals surface area contributed by atoms with Crippen molar-refractivity contribution in [2.75, 3.05) is 84.4 Å². The molecule has 9 rings (SSSR count). The van der Waals surface area contributed by atoms with Crippen LogP contribution in [-0.4, -0.2) is 147 Å². The zero-order valence-corrected chi connectivity index (χ0v) is 53.3. The van der Waals surface area contributed by atoms with Gasteiger partial charge in [0.25, 0.3) is 0 Å². The molecule has 1 amide bonds. The molecule has 13 nitrogen and oxygen atoms in total. The molecule has 0 spiro atoms. The van der Waals surface area contributed by atoms with Crippen LogP contribution in [0, 0.1) is 0 Å². The van der Waals surface area contributed by atoms with E-state index in [1.165, 1.54) is 180 Å². The van der Waals surface area contributed by atoms with E-state index in [0.29, 0.717) is 24.5 Å². The topological polar surface area (TPSA) is 138 Å². The van der Waals surface area contributed by atoms with Gasteiger partial charge >= 0.3 is 0 Å². The number of rotatable bonds is 10. The predicted octanol–water partition coefficient (Wildman–Crippen LogP) is 12.8. The minimum Gasteiger partial charge on any atom is -0.495 e. The van der Waals surface area contributed by atoms with Crippen LogP contribution >= 0.6 is 0 Å². The van der Waals surface area contributed by atoms with Crippen LogP contribution in [0.2, 0.25) is 0 Å². The summed E-state index contributed by atoms with van der Waals surface area (Å²) in [5, 5.41) is 19.9. The zero-order chi connectivity index (χ0) is 58.3. The molecule has 0 saturated carbocycles. The number of para-hydroxylation sites is 2. The molecule has 79 heavy (non-hydrogen) atoms. The van der Waals surface area contributed by atoms with Crippen molar-refractivity contribution in [3.63, 3.8) is 0 Å². The molecule has 6 saturated heterocycles. The molecule has 0 bridgehead atoms. The van der Waals surface area contributed by atoms with Crippen LogP contribution in [-0.2, 0) is 16.1 Å². The maximum absolute atomic E-state index is 10.7. The predicted molar refractivity (Wildman–Crippen MR) is 341 cm³/mol. The lowest BCUT2D eigenvalue weighted by Crippen LogP contribution is -2.35. The number of ketones is 1. The quantitative estimate of drug-likeness (QED) is 0.135. The van der Waals surface area contributed by atoms with Gasteiger partial charge in [-0.3, -0.25) is 14.6 Å². The van der Waals surface area contributed by atoms with Crippen LogP contribution in [0.15, 0.2) is 60.6 Å². The first-order valence-corrected chi connectivity index (χ1v) is 32.0. The molecule has 2 atom stereocenters. The van der Waals surface area contributed by atoms with Gasteiger partial charge in [0.15, 0.2) is 5.78 Å². The minimum atomic E-state index is 0.231. The van der Waals surface area contributed by atoms with Crippen LogP contribution in [0.5, 0.6) is 5.75 Å². The molecule has 1 aliphatic carbocycles. The fourth-order valence-corrected chi connectivity index (χ4v) is 9.75. The van der Waals surface area contributed by atoms with Gasteiger partial charge in [-0.05, 0) is 228 Å². The molecule has 0 unspecified atom stereocenters. The number of nitrogens with one attached hydrogen (secondary N) is 6. The summed E-state index contributed by atoms with van der Waals surface area (Å²) in [7, 11) is 1.68. The molecule has 1 aromatic carbocycles. The van der Waals surface area contributed by atoms with Gasteiger partial charge in [-0.15, -0.1) is 0 Å². The van der Waals surface area contributed by atoms with Gasteiger partial charge < -0.3 is 51.3 Å². The molecule has 1 aromatic heterocycles. The highest BCUT2D eigenvalue weighted by Crippen LogP contribution is 2.23. The van der Waals surface area contributed by atoms with E-state index in [4.69, 9.17) is 4.74 Å². The summed E-state index contributed by atoms with van der Waals surface area (Å²) in [6.45, 7) is 40.0. The Morgan fingerprint density at radius 2 is 1.18 bits per heavy atom. The van der Waals surface area contributed by atoms with Gasteiger partial charge in [0.2, 0.25) is 5.91 Å². The van der Waals surface area contributed by atoms with E-state index >= 15 is 0 Å². The third-order valence-corrected chi connectivity index (χ3v) is 14.6. The first kappa shape index (κ1) is 73.4. The Balaban J connectivity index is 0.000000447. The minimum absolute atomic E-state index is 0.231. The third-order valence-electron chi connectivity index (χ3n) is 14.6. The zero-order valence-electron chi connectivity index (χ0n) is 53.3. The van der Waals surface area contributed by atoms with Crippen LogP contribution in [0.4, 0.5) is 5.69 Å². The number of allylic oxidation sites excluding steroid dienone is 2. The summed E-state index contributed by atoms with van der Waals surface area (Å²) in [6.07, 6.45) is 31.8. The van der Waals surface area contributed by atoms with E-state index < -0.39 is 0 Å². The molecule has 13 heteroatoms. The summed E-state index contributed by atoms with van der Waals surface area (Å²) in [5.41, 5.74) is 3.39. The lowest BCUT2D eigenvalue weighted by Gasteiger charge is -2.29. The molecule has 0 radical (unpaired) electrons. The molecular formula is C66H124N10O3. The lowest BCUT2D eigenvalue weighted by atomic mass is 10.1. The molecule has 6 N–H and O–H groups in total. The molecule has 2 aromatic rings. The number of nitrogens with zero attached hydrogens (tertiary/aromatic N) is 4. The highest BCUT2D eigenvalue weighted by atomic mass is 16.5. The van der Waals surface area contributed by atoms with Gasteiger partial charge in [0, 0.05) is 93.4 Å². The van der Waals surface area contributed by atoms with Crippen LogP contribution in [0.25, 0.3) is 0 Å². The summed E-state index contributed by atoms with van der Waals surface area (Å²) < 4.78 is 5.18. The van der Waals surface area contributed by atoms with Crippen molar-refractivity contribution in [2.24, 2.45) is 0 Å². The number of amides is 1. The number of likely N-dealkylation sites (tertiary alicyclic amines) is 3. The summed E-state index contributed by atoms with van der Waals surface area (Å²) in [4.78, 5) is 32.5. The number of carbonyl (C=O) groups excluding carboxylic acids is 2. The SMILES string of the molecule is C1CCNCC1.CC(=O)N1CCCCC1.CC(C)N1CCCCC1.CC(C)NC1=CC(=O)CC1.CC(C)NCc1cccnc1.CCN1CCCCC1.COc1ccccc1NC(C)C.C[C@@H]1CCCCN1.C[C@H]1CCCCN1. The summed E-state index contributed by atoms with van der Waals surface area (Å²) in [5.74, 6) is 1.38. The Labute approximate surface area is 486 Å². The Kier molecular flexibility index (Phi) is 45.6. The molecular weight excluding hydrogens is 981 g/mol. The number of anilines is 1. The van der Waals surface area contributed by atoms with E-state index in [1.807, 2.05) is 41.4 Å². The average Bonchev–Trinajstić information content (AvgIpc) is 3.88. The van der Waals surface area contributed by atoms with E-state index in [2.05, 4.69) is 129 Å². The van der Waals surface area contributed by atoms with Gasteiger partial charge in [0.1, 0.15) is 5.75 Å². The smallest absolute Gasteiger partial charge is 0.219 e. The van der Waals surface area contributed by atoms with Gasteiger partial charge in [-0.2, -0.15) is 0 Å². The maximum Gasteiger partial charge on any atom is 0.219 e. The van der Waals surface area contributed by atoms with E-state index in [-0.39, 0.29) is 11.7 Å². The van der Waals surface area contributed by atoms with Gasteiger partial charge in [-0.25, -0.2) is 0 Å². The Morgan fingerprint density at radius 3 is 1.52 bits per heavy atom. The molecule has 7 aliphatic rings. The standard InChI is InChI=1S/C10H15NO.C9H14N2.C8H13NO.C8H17N.C7H13NO.C7H15N.2C6H13N.C5H11N/c1-8(2)11-9-6-4-5-7-10(9)12-3;1-8(2)11-7-9-4-3-5-10-6-9;1-6(2)9-7-3-4-8(10)5-7;1-8(2)9-6-4-3-5-7-9;1-7(9)8-5-3-2-4-6-8;1-2-8-6-4-3-5-7-8;2*1-6-4-2-3-5-7-6;1-2-4-6-5-3-1/h4-8,11H,1-3H3;3-6,8,11H,7H2,1-2H3;5-6,9H,3-4H2,1-2H3;8H,3-7H2,1-2H3;2-6H2,1H3;2-7H2,1H3;2*6-7H,2-5H2,1H3;6H,1-5H2/t;;;;;;2*6-;/m......10./s1. The van der Waals surface area contributed by atoms with Crippen molar-refractivity contribution in [2.45, 2.75) is 254 Å². The monoisotopic (exact) mass is 1100 g/mol. The summed E-state index contributed by atoms with van der Waals surface area (Å²) in [6, 6.07) is 15.7. The van der Waals surface area contributed by atoms with E-state index in [1.54, 1.807) is 26.3 Å². The number of piperidine rings is 6. The van der Waals surface area contributed by atoms with Crippen LogP contribution in [0.1, 0.15) is 217 Å². The van der Waals surface area contributed by atoms with Crippen molar-refractivity contribution in [3.05, 3.63) is 66.1 Å². The van der Waals surface area contributed by atoms with Crippen LogP contribution < -0.4 is 36.6 Å². The molecule has 7 heterocycles. The first-order valence-electron chi connectivity index (χ1n) is 32.0. The van der Waals surface area contributed by atoms with E-state index in [9.17, 15) is 9.59 Å². The van der Waals surface area contributed by atoms with Crippen molar-refractivity contribution >= 4 is 17.4 Å². The number of pyridine rings is 1. The van der Waals surface area contributed by atoms with Gasteiger partial charge in [-0.1, -0.05) is 71.1 Å². The number of hydrogen-bond donors (Lipinski definition) is 6. The number of ether oxygens (including phenoxy) is 1.